The van der Waals surface area contributed by atoms with E-state index in [4.69, 9.17) is 5.73 Å². The lowest BCUT2D eigenvalue weighted by Gasteiger charge is -2.33. The number of hydrogen-bond acceptors (Lipinski definition) is 3. The van der Waals surface area contributed by atoms with Crippen LogP contribution in [0.1, 0.15) is 56.8 Å². The second kappa shape index (κ2) is 6.29. The molecule has 1 aromatic rings. The maximum absolute atomic E-state index is 11.7. The molecule has 1 fully saturated rings. The van der Waals surface area contributed by atoms with Crippen molar-refractivity contribution in [3.05, 3.63) is 23.8 Å². The topological polar surface area (TPSA) is 46.3 Å². The van der Waals surface area contributed by atoms with Gasteiger partial charge < -0.3 is 10.6 Å². The summed E-state index contributed by atoms with van der Waals surface area (Å²) < 4.78 is 0. The normalized spacial score (nSPS) is 15.8. The molecule has 20 heavy (non-hydrogen) atoms. The lowest BCUT2D eigenvalue weighted by atomic mass is 10.0. The van der Waals surface area contributed by atoms with Crippen LogP contribution in [-0.4, -0.2) is 18.4 Å². The van der Waals surface area contributed by atoms with E-state index in [0.717, 1.165) is 12.2 Å². The van der Waals surface area contributed by atoms with Gasteiger partial charge in [0.2, 0.25) is 0 Å². The van der Waals surface area contributed by atoms with Crippen LogP contribution in [0.5, 0.6) is 0 Å². The van der Waals surface area contributed by atoms with Crippen molar-refractivity contribution >= 4 is 17.2 Å². The second-order valence-electron chi connectivity index (χ2n) is 6.31. The number of nitrogens with zero attached hydrogens (tertiary/aromatic N) is 1. The standard InChI is InChI=1S/C17H26N2O/c1-12(2)11-19(14-6-4-5-7-14)15-8-9-17(18)16(10-15)13(3)20/h8-10,12,14H,4-7,11,18H2,1-3H3. The molecule has 2 rings (SSSR count). The molecule has 0 unspecified atom stereocenters. The highest BCUT2D eigenvalue weighted by atomic mass is 16.1. The molecular weight excluding hydrogens is 248 g/mol. The molecule has 0 spiro atoms. The van der Waals surface area contributed by atoms with Gasteiger partial charge in [-0.2, -0.15) is 0 Å². The van der Waals surface area contributed by atoms with Crippen molar-refractivity contribution in [2.24, 2.45) is 5.92 Å². The van der Waals surface area contributed by atoms with Gasteiger partial charge in [-0.1, -0.05) is 26.7 Å². The summed E-state index contributed by atoms with van der Waals surface area (Å²) in [4.78, 5) is 14.2. The van der Waals surface area contributed by atoms with E-state index in [1.807, 2.05) is 12.1 Å². The first kappa shape index (κ1) is 14.9. The van der Waals surface area contributed by atoms with E-state index in [9.17, 15) is 4.79 Å². The number of benzene rings is 1. The molecule has 1 saturated carbocycles. The number of carbonyl (C=O) groups is 1. The number of anilines is 2. The fourth-order valence-electron chi connectivity index (χ4n) is 3.10. The summed E-state index contributed by atoms with van der Waals surface area (Å²) in [6, 6.07) is 6.51. The second-order valence-corrected chi connectivity index (χ2v) is 6.31. The van der Waals surface area contributed by atoms with Gasteiger partial charge >= 0.3 is 0 Å². The summed E-state index contributed by atoms with van der Waals surface area (Å²) in [7, 11) is 0. The Morgan fingerprint density at radius 1 is 1.35 bits per heavy atom. The third kappa shape index (κ3) is 3.33. The van der Waals surface area contributed by atoms with E-state index in [0.29, 0.717) is 23.2 Å². The molecule has 2 N–H and O–H groups in total. The van der Waals surface area contributed by atoms with Gasteiger partial charge in [0.25, 0.3) is 0 Å². The Kier molecular flexibility index (Phi) is 4.69. The fourth-order valence-corrected chi connectivity index (χ4v) is 3.10. The first-order valence-corrected chi connectivity index (χ1v) is 7.66. The van der Waals surface area contributed by atoms with Gasteiger partial charge in [-0.15, -0.1) is 0 Å². The minimum absolute atomic E-state index is 0.0419. The minimum atomic E-state index is 0.0419. The molecule has 3 heteroatoms. The number of nitrogen functional groups attached to an aromatic ring is 1. The molecule has 0 heterocycles. The van der Waals surface area contributed by atoms with Gasteiger partial charge in [0, 0.05) is 29.5 Å². The van der Waals surface area contributed by atoms with Crippen molar-refractivity contribution in [1.29, 1.82) is 0 Å². The Labute approximate surface area is 122 Å². The van der Waals surface area contributed by atoms with Crippen molar-refractivity contribution in [2.75, 3.05) is 17.2 Å². The highest BCUT2D eigenvalue weighted by Crippen LogP contribution is 2.31. The molecule has 1 aliphatic carbocycles. The van der Waals surface area contributed by atoms with Crippen molar-refractivity contribution < 1.29 is 4.79 Å². The van der Waals surface area contributed by atoms with Gasteiger partial charge in [-0.3, -0.25) is 4.79 Å². The SMILES string of the molecule is CC(=O)c1cc(N(CC(C)C)C2CCCC2)ccc1N. The van der Waals surface area contributed by atoms with E-state index >= 15 is 0 Å². The molecule has 0 atom stereocenters. The third-order valence-corrected chi connectivity index (χ3v) is 4.08. The lowest BCUT2D eigenvalue weighted by molar-refractivity contribution is 0.101. The van der Waals surface area contributed by atoms with E-state index in [-0.39, 0.29) is 5.78 Å². The van der Waals surface area contributed by atoms with E-state index in [1.165, 1.54) is 25.7 Å². The summed E-state index contributed by atoms with van der Waals surface area (Å²) in [6.07, 6.45) is 5.14. The van der Waals surface area contributed by atoms with E-state index < -0.39 is 0 Å². The Morgan fingerprint density at radius 3 is 2.55 bits per heavy atom. The van der Waals surface area contributed by atoms with Crippen LogP contribution in [0.25, 0.3) is 0 Å². The molecule has 3 nitrogen and oxygen atoms in total. The van der Waals surface area contributed by atoms with E-state index in [1.54, 1.807) is 6.92 Å². The number of Topliss-reactive ketones (excluding diaryl/α,β-unsaturated/α-hetero) is 1. The zero-order valence-electron chi connectivity index (χ0n) is 12.9. The number of ketones is 1. The van der Waals surface area contributed by atoms with Crippen LogP contribution in [0.4, 0.5) is 11.4 Å². The number of rotatable bonds is 5. The molecule has 0 saturated heterocycles. The number of carbonyl (C=O) groups excluding carboxylic acids is 1. The Bertz CT molecular complexity index is 476. The lowest BCUT2D eigenvalue weighted by Crippen LogP contribution is -2.36. The first-order valence-electron chi connectivity index (χ1n) is 7.66. The summed E-state index contributed by atoms with van der Waals surface area (Å²) in [5.41, 5.74) is 8.28. The quantitative estimate of drug-likeness (QED) is 0.655. The molecule has 0 bridgehead atoms. The Hall–Kier alpha value is -1.51. The largest absolute Gasteiger partial charge is 0.398 e. The highest BCUT2D eigenvalue weighted by Gasteiger charge is 2.24. The highest BCUT2D eigenvalue weighted by molar-refractivity contribution is 6.00. The predicted octanol–water partition coefficient (Wildman–Crippen LogP) is 3.88. The van der Waals surface area contributed by atoms with Crippen LogP contribution >= 0.6 is 0 Å². The first-order chi connectivity index (χ1) is 9.49. The zero-order chi connectivity index (χ0) is 14.7. The van der Waals surface area contributed by atoms with Crippen molar-refractivity contribution in [1.82, 2.24) is 0 Å². The van der Waals surface area contributed by atoms with Crippen LogP contribution in [0.2, 0.25) is 0 Å². The van der Waals surface area contributed by atoms with Crippen molar-refractivity contribution in [2.45, 2.75) is 52.5 Å². The molecule has 0 aliphatic heterocycles. The monoisotopic (exact) mass is 274 g/mol. The van der Waals surface area contributed by atoms with Gasteiger partial charge in [0.05, 0.1) is 0 Å². The molecule has 0 aromatic heterocycles. The summed E-state index contributed by atoms with van der Waals surface area (Å²) in [5.74, 6) is 0.647. The van der Waals surface area contributed by atoms with Gasteiger partial charge in [0.1, 0.15) is 0 Å². The predicted molar refractivity (Wildman–Crippen MR) is 85.3 cm³/mol. The smallest absolute Gasteiger partial charge is 0.161 e. The van der Waals surface area contributed by atoms with Crippen LogP contribution in [0, 0.1) is 5.92 Å². The maximum Gasteiger partial charge on any atom is 0.161 e. The van der Waals surface area contributed by atoms with Gasteiger partial charge in [-0.05, 0) is 43.9 Å². The van der Waals surface area contributed by atoms with Crippen molar-refractivity contribution in [3.8, 4) is 0 Å². The number of hydrogen-bond donors (Lipinski definition) is 1. The van der Waals surface area contributed by atoms with E-state index in [2.05, 4.69) is 24.8 Å². The third-order valence-electron chi connectivity index (χ3n) is 4.08. The maximum atomic E-state index is 11.7. The average Bonchev–Trinajstić information content (AvgIpc) is 2.90. The fraction of sp³-hybridized carbons (Fsp3) is 0.588. The minimum Gasteiger partial charge on any atom is -0.398 e. The van der Waals surface area contributed by atoms with Gasteiger partial charge in [0.15, 0.2) is 5.78 Å². The molecule has 1 aliphatic rings. The Balaban J connectivity index is 2.32. The average molecular weight is 274 g/mol. The summed E-state index contributed by atoms with van der Waals surface area (Å²) in [6.45, 7) is 7.10. The van der Waals surface area contributed by atoms with Crippen molar-refractivity contribution in [3.63, 3.8) is 0 Å². The van der Waals surface area contributed by atoms with Crippen LogP contribution < -0.4 is 10.6 Å². The summed E-state index contributed by atoms with van der Waals surface area (Å²) >= 11 is 0. The molecule has 0 radical (unpaired) electrons. The summed E-state index contributed by atoms with van der Waals surface area (Å²) in [5, 5.41) is 0. The van der Waals surface area contributed by atoms with Crippen LogP contribution in [-0.2, 0) is 0 Å². The van der Waals surface area contributed by atoms with Gasteiger partial charge in [-0.25, -0.2) is 0 Å². The van der Waals surface area contributed by atoms with Crippen LogP contribution in [0.15, 0.2) is 18.2 Å². The Morgan fingerprint density at radius 2 is 2.00 bits per heavy atom. The van der Waals surface area contributed by atoms with Crippen LogP contribution in [0.3, 0.4) is 0 Å². The molecular formula is C17H26N2O. The number of nitrogens with two attached hydrogens (primary N) is 1. The molecule has 0 amide bonds. The zero-order valence-corrected chi connectivity index (χ0v) is 12.9. The molecule has 1 aromatic carbocycles. The molecule has 110 valence electrons.